The number of aliphatic hydroxyl groups is 1. The Bertz CT molecular complexity index is 432. The van der Waals surface area contributed by atoms with E-state index in [1.807, 2.05) is 13.0 Å². The van der Waals surface area contributed by atoms with Crippen molar-refractivity contribution in [1.29, 1.82) is 5.26 Å². The van der Waals surface area contributed by atoms with Crippen LogP contribution in [-0.2, 0) is 16.8 Å². The van der Waals surface area contributed by atoms with Crippen LogP contribution < -0.4 is 0 Å². The third-order valence-electron chi connectivity index (χ3n) is 3.15. The van der Waals surface area contributed by atoms with Crippen molar-refractivity contribution in [3.8, 4) is 6.07 Å². The second-order valence-electron chi connectivity index (χ2n) is 4.77. The number of nitriles is 1. The van der Waals surface area contributed by atoms with Gasteiger partial charge >= 0.3 is 0 Å². The van der Waals surface area contributed by atoms with Gasteiger partial charge in [0.15, 0.2) is 0 Å². The fourth-order valence-electron chi connectivity index (χ4n) is 2.04. The maximum absolute atomic E-state index is 9.50. The molecule has 1 aliphatic heterocycles. The van der Waals surface area contributed by atoms with Crippen LogP contribution in [0.3, 0.4) is 0 Å². The molecule has 0 radical (unpaired) electrons. The molecular formula is C12H17N3O3. The molecule has 0 bridgehead atoms. The Kier molecular flexibility index (Phi) is 3.94. The van der Waals surface area contributed by atoms with E-state index in [1.165, 1.54) is 0 Å². The standard InChI is InChI=1S/C12H17N3O3/c1-12(5-2-3-7-17-12)11-14-10(18-15-11)8-9(16)4-6-13/h9,16H,2-5,7-8H2,1H3. The van der Waals surface area contributed by atoms with Crippen molar-refractivity contribution in [3.05, 3.63) is 11.7 Å². The van der Waals surface area contributed by atoms with Gasteiger partial charge in [-0.05, 0) is 26.2 Å². The lowest BCUT2D eigenvalue weighted by atomic mass is 9.95. The molecule has 1 fully saturated rings. The smallest absolute Gasteiger partial charge is 0.229 e. The topological polar surface area (TPSA) is 92.2 Å². The molecule has 0 aliphatic carbocycles. The molecule has 1 N–H and O–H groups in total. The maximum Gasteiger partial charge on any atom is 0.229 e. The summed E-state index contributed by atoms with van der Waals surface area (Å²) in [5.74, 6) is 0.879. The Hall–Kier alpha value is -1.45. The zero-order chi connectivity index (χ0) is 13.0. The van der Waals surface area contributed by atoms with Gasteiger partial charge in [-0.1, -0.05) is 5.16 Å². The molecule has 18 heavy (non-hydrogen) atoms. The van der Waals surface area contributed by atoms with Gasteiger partial charge in [0.2, 0.25) is 11.7 Å². The molecule has 1 aromatic rings. The van der Waals surface area contributed by atoms with Crippen molar-refractivity contribution in [3.63, 3.8) is 0 Å². The van der Waals surface area contributed by atoms with Crippen LogP contribution in [0.1, 0.15) is 44.3 Å². The first kappa shape index (κ1) is 13.0. The van der Waals surface area contributed by atoms with E-state index in [9.17, 15) is 5.11 Å². The second kappa shape index (κ2) is 5.46. The fourth-order valence-corrected chi connectivity index (χ4v) is 2.04. The number of aromatic nitrogens is 2. The SMILES string of the molecule is CC1(c2noc(CC(O)CC#N)n2)CCCCO1. The first-order valence-electron chi connectivity index (χ1n) is 6.16. The van der Waals surface area contributed by atoms with E-state index in [4.69, 9.17) is 14.5 Å². The van der Waals surface area contributed by atoms with Gasteiger partial charge in [0.05, 0.1) is 25.0 Å². The minimum Gasteiger partial charge on any atom is -0.392 e. The van der Waals surface area contributed by atoms with E-state index < -0.39 is 11.7 Å². The van der Waals surface area contributed by atoms with Crippen LogP contribution in [0.4, 0.5) is 0 Å². The second-order valence-corrected chi connectivity index (χ2v) is 4.77. The zero-order valence-corrected chi connectivity index (χ0v) is 10.4. The van der Waals surface area contributed by atoms with Crippen molar-refractivity contribution < 1.29 is 14.4 Å². The molecular weight excluding hydrogens is 234 g/mol. The summed E-state index contributed by atoms with van der Waals surface area (Å²) in [7, 11) is 0. The van der Waals surface area contributed by atoms with Gasteiger partial charge in [0.25, 0.3) is 0 Å². The lowest BCUT2D eigenvalue weighted by Crippen LogP contribution is -2.31. The average molecular weight is 251 g/mol. The lowest BCUT2D eigenvalue weighted by Gasteiger charge is -2.30. The predicted molar refractivity (Wildman–Crippen MR) is 61.4 cm³/mol. The van der Waals surface area contributed by atoms with Gasteiger partial charge in [-0.15, -0.1) is 0 Å². The first-order valence-corrected chi connectivity index (χ1v) is 6.16. The lowest BCUT2D eigenvalue weighted by molar-refractivity contribution is -0.0770. The van der Waals surface area contributed by atoms with Crippen LogP contribution >= 0.6 is 0 Å². The summed E-state index contributed by atoms with van der Waals surface area (Å²) in [5, 5.41) is 21.9. The highest BCUT2D eigenvalue weighted by Gasteiger charge is 2.35. The average Bonchev–Trinajstić information content (AvgIpc) is 2.79. The maximum atomic E-state index is 9.50. The Balaban J connectivity index is 2.03. The van der Waals surface area contributed by atoms with Gasteiger partial charge in [0, 0.05) is 6.61 Å². The number of hydrogen-bond donors (Lipinski definition) is 1. The van der Waals surface area contributed by atoms with Gasteiger partial charge in [-0.3, -0.25) is 0 Å². The summed E-state index contributed by atoms with van der Waals surface area (Å²) in [5.41, 5.74) is -0.486. The molecule has 1 aliphatic rings. The highest BCUT2D eigenvalue weighted by molar-refractivity contribution is 5.01. The molecule has 0 amide bonds. The summed E-state index contributed by atoms with van der Waals surface area (Å²) in [6, 6.07) is 1.90. The van der Waals surface area contributed by atoms with Crippen molar-refractivity contribution in [1.82, 2.24) is 10.1 Å². The van der Waals surface area contributed by atoms with E-state index in [0.717, 1.165) is 19.3 Å². The van der Waals surface area contributed by atoms with Gasteiger partial charge in [0.1, 0.15) is 5.60 Å². The molecule has 2 unspecified atom stereocenters. The molecule has 0 spiro atoms. The summed E-state index contributed by atoms with van der Waals surface area (Å²) in [6.07, 6.45) is 2.51. The minimum absolute atomic E-state index is 0.0610. The van der Waals surface area contributed by atoms with E-state index in [1.54, 1.807) is 0 Å². The molecule has 0 aromatic carbocycles. The van der Waals surface area contributed by atoms with Crippen molar-refractivity contribution in [2.45, 2.75) is 50.7 Å². The molecule has 6 nitrogen and oxygen atoms in total. The molecule has 1 saturated heterocycles. The van der Waals surface area contributed by atoms with Gasteiger partial charge in [-0.25, -0.2) is 0 Å². The first-order chi connectivity index (χ1) is 8.64. The third-order valence-corrected chi connectivity index (χ3v) is 3.15. The van der Waals surface area contributed by atoms with E-state index in [2.05, 4.69) is 10.1 Å². The highest BCUT2D eigenvalue weighted by Crippen LogP contribution is 2.32. The molecule has 2 atom stereocenters. The van der Waals surface area contributed by atoms with Crippen LogP contribution in [0.25, 0.3) is 0 Å². The van der Waals surface area contributed by atoms with Crippen molar-refractivity contribution in [2.24, 2.45) is 0 Å². The molecule has 1 aromatic heterocycles. The summed E-state index contributed by atoms with van der Waals surface area (Å²) in [6.45, 7) is 2.66. The summed E-state index contributed by atoms with van der Waals surface area (Å²) >= 11 is 0. The Morgan fingerprint density at radius 1 is 1.56 bits per heavy atom. The number of rotatable bonds is 4. The molecule has 2 heterocycles. The number of ether oxygens (including phenoxy) is 1. The highest BCUT2D eigenvalue weighted by atomic mass is 16.5. The largest absolute Gasteiger partial charge is 0.392 e. The number of nitrogens with zero attached hydrogens (tertiary/aromatic N) is 3. The van der Waals surface area contributed by atoms with Crippen molar-refractivity contribution in [2.75, 3.05) is 6.61 Å². The molecule has 2 rings (SSSR count). The van der Waals surface area contributed by atoms with Crippen LogP contribution in [0.5, 0.6) is 0 Å². The minimum atomic E-state index is -0.761. The molecule has 98 valence electrons. The van der Waals surface area contributed by atoms with E-state index in [0.29, 0.717) is 18.3 Å². The van der Waals surface area contributed by atoms with Gasteiger partial charge < -0.3 is 14.4 Å². The fraction of sp³-hybridized carbons (Fsp3) is 0.750. The Labute approximate surface area is 106 Å². The van der Waals surface area contributed by atoms with Crippen LogP contribution in [0, 0.1) is 11.3 Å². The predicted octanol–water partition coefficient (Wildman–Crippen LogP) is 1.30. The summed E-state index contributed by atoms with van der Waals surface area (Å²) in [4.78, 5) is 4.26. The Morgan fingerprint density at radius 2 is 2.39 bits per heavy atom. The Morgan fingerprint density at radius 3 is 3.06 bits per heavy atom. The van der Waals surface area contributed by atoms with Crippen LogP contribution in [0.15, 0.2) is 4.52 Å². The van der Waals surface area contributed by atoms with Crippen LogP contribution in [-0.4, -0.2) is 28.0 Å². The van der Waals surface area contributed by atoms with E-state index >= 15 is 0 Å². The van der Waals surface area contributed by atoms with E-state index in [-0.39, 0.29) is 12.8 Å². The summed E-state index contributed by atoms with van der Waals surface area (Å²) < 4.78 is 10.8. The van der Waals surface area contributed by atoms with Crippen molar-refractivity contribution >= 4 is 0 Å². The molecule has 6 heteroatoms. The quantitative estimate of drug-likeness (QED) is 0.867. The molecule has 0 saturated carbocycles. The number of hydrogen-bond acceptors (Lipinski definition) is 6. The zero-order valence-electron chi connectivity index (χ0n) is 10.4. The monoisotopic (exact) mass is 251 g/mol. The van der Waals surface area contributed by atoms with Crippen LogP contribution in [0.2, 0.25) is 0 Å². The van der Waals surface area contributed by atoms with Gasteiger partial charge in [-0.2, -0.15) is 10.2 Å². The third kappa shape index (κ3) is 2.86. The normalized spacial score (nSPS) is 25.6. The number of aliphatic hydroxyl groups excluding tert-OH is 1.